The van der Waals surface area contributed by atoms with Crippen LogP contribution >= 0.6 is 15.9 Å². The molecule has 1 unspecified atom stereocenters. The van der Waals surface area contributed by atoms with E-state index in [-0.39, 0.29) is 6.61 Å². The highest BCUT2D eigenvalue weighted by Gasteiger charge is 2.34. The molecular weight excluding hydrogens is 246 g/mol. The van der Waals surface area contributed by atoms with Crippen molar-refractivity contribution >= 4 is 15.9 Å². The smallest absolute Gasteiger partial charge is 0.138 e. The third-order valence-electron chi connectivity index (χ3n) is 2.58. The molecule has 14 heavy (non-hydrogen) atoms. The highest BCUT2D eigenvalue weighted by atomic mass is 79.9. The first-order valence-corrected chi connectivity index (χ1v) is 5.28. The molecule has 3 N–H and O–H groups in total. The normalized spacial score (nSPS) is 25.4. The lowest BCUT2D eigenvalue weighted by molar-refractivity contribution is 0.138. The number of hydrogen-bond donors (Lipinski definition) is 2. The second kappa shape index (κ2) is 3.53. The first-order chi connectivity index (χ1) is 6.67. The Morgan fingerprint density at radius 2 is 2.36 bits per heavy atom. The van der Waals surface area contributed by atoms with Crippen LogP contribution in [0.1, 0.15) is 12.0 Å². The van der Waals surface area contributed by atoms with Gasteiger partial charge in [-0.15, -0.1) is 0 Å². The summed E-state index contributed by atoms with van der Waals surface area (Å²) in [6, 6.07) is 5.70. The van der Waals surface area contributed by atoms with Crippen LogP contribution in [0.2, 0.25) is 0 Å². The Bertz CT molecular complexity index is 356. The van der Waals surface area contributed by atoms with Crippen molar-refractivity contribution in [3.05, 3.63) is 28.2 Å². The third-order valence-corrected chi connectivity index (χ3v) is 3.20. The summed E-state index contributed by atoms with van der Waals surface area (Å²) in [6.45, 7) is 0.493. The summed E-state index contributed by atoms with van der Waals surface area (Å²) in [7, 11) is 0. The van der Waals surface area contributed by atoms with Crippen molar-refractivity contribution in [2.24, 2.45) is 5.73 Å². The average Bonchev–Trinajstić information content (AvgIpc) is 2.20. The SMILES string of the molecule is NC1(CO)CCOc2c(Br)cccc21. The maximum Gasteiger partial charge on any atom is 0.138 e. The molecule has 1 heterocycles. The summed E-state index contributed by atoms with van der Waals surface area (Å²) in [5.74, 6) is 0.760. The van der Waals surface area contributed by atoms with Crippen molar-refractivity contribution < 1.29 is 9.84 Å². The number of ether oxygens (including phenoxy) is 1. The largest absolute Gasteiger partial charge is 0.492 e. The molecule has 76 valence electrons. The van der Waals surface area contributed by atoms with Gasteiger partial charge in [-0.3, -0.25) is 0 Å². The molecule has 0 saturated heterocycles. The summed E-state index contributed by atoms with van der Waals surface area (Å²) < 4.78 is 6.40. The molecule has 0 spiro atoms. The lowest BCUT2D eigenvalue weighted by Gasteiger charge is -2.34. The minimum absolute atomic E-state index is 0.0557. The second-order valence-electron chi connectivity index (χ2n) is 3.53. The Balaban J connectivity index is 2.55. The van der Waals surface area contributed by atoms with Crippen LogP contribution in [0.25, 0.3) is 0 Å². The maximum absolute atomic E-state index is 9.29. The number of fused-ring (bicyclic) bond motifs is 1. The van der Waals surface area contributed by atoms with E-state index < -0.39 is 5.54 Å². The number of aliphatic hydroxyl groups excluding tert-OH is 1. The highest BCUT2D eigenvalue weighted by Crippen LogP contribution is 2.39. The lowest BCUT2D eigenvalue weighted by atomic mass is 9.86. The molecular formula is C10H12BrNO2. The first-order valence-electron chi connectivity index (χ1n) is 4.49. The zero-order chi connectivity index (χ0) is 10.2. The second-order valence-corrected chi connectivity index (χ2v) is 4.38. The predicted molar refractivity (Wildman–Crippen MR) is 57.2 cm³/mol. The van der Waals surface area contributed by atoms with Gasteiger partial charge in [0.2, 0.25) is 0 Å². The van der Waals surface area contributed by atoms with Crippen LogP contribution in [-0.2, 0) is 5.54 Å². The highest BCUT2D eigenvalue weighted by molar-refractivity contribution is 9.10. The van der Waals surface area contributed by atoms with Crippen molar-refractivity contribution in [2.75, 3.05) is 13.2 Å². The molecule has 1 aliphatic heterocycles. The van der Waals surface area contributed by atoms with E-state index in [1.54, 1.807) is 0 Å². The van der Waals surface area contributed by atoms with Gasteiger partial charge in [0.25, 0.3) is 0 Å². The molecule has 1 aliphatic rings. The molecule has 0 amide bonds. The van der Waals surface area contributed by atoms with E-state index in [2.05, 4.69) is 15.9 Å². The van der Waals surface area contributed by atoms with Crippen LogP contribution in [0.3, 0.4) is 0 Å². The number of aliphatic hydroxyl groups is 1. The first kappa shape index (κ1) is 9.96. The maximum atomic E-state index is 9.29. The number of rotatable bonds is 1. The third kappa shape index (κ3) is 1.43. The minimum Gasteiger partial charge on any atom is -0.492 e. The van der Waals surface area contributed by atoms with Crippen molar-refractivity contribution in [3.63, 3.8) is 0 Å². The van der Waals surface area contributed by atoms with Crippen LogP contribution < -0.4 is 10.5 Å². The van der Waals surface area contributed by atoms with Gasteiger partial charge >= 0.3 is 0 Å². The Morgan fingerprint density at radius 1 is 1.57 bits per heavy atom. The van der Waals surface area contributed by atoms with Gasteiger partial charge in [-0.1, -0.05) is 12.1 Å². The van der Waals surface area contributed by atoms with Gasteiger partial charge in [0.1, 0.15) is 5.75 Å². The van der Waals surface area contributed by atoms with Crippen molar-refractivity contribution in [3.8, 4) is 5.75 Å². The zero-order valence-electron chi connectivity index (χ0n) is 7.66. The molecule has 0 aromatic heterocycles. The van der Waals surface area contributed by atoms with E-state index >= 15 is 0 Å². The molecule has 0 saturated carbocycles. The fourth-order valence-electron chi connectivity index (χ4n) is 1.68. The molecule has 2 rings (SSSR count). The van der Waals surface area contributed by atoms with Gasteiger partial charge < -0.3 is 15.6 Å². The van der Waals surface area contributed by atoms with Gasteiger partial charge in [-0.25, -0.2) is 0 Å². The van der Waals surface area contributed by atoms with Crippen molar-refractivity contribution in [1.29, 1.82) is 0 Å². The average molecular weight is 258 g/mol. The van der Waals surface area contributed by atoms with E-state index in [9.17, 15) is 5.11 Å². The van der Waals surface area contributed by atoms with Crippen molar-refractivity contribution in [1.82, 2.24) is 0 Å². The summed E-state index contributed by atoms with van der Waals surface area (Å²) >= 11 is 3.40. The number of para-hydroxylation sites is 1. The standard InChI is InChI=1S/C10H12BrNO2/c11-8-3-1-2-7-9(8)14-5-4-10(7,12)6-13/h1-3,13H,4-6,12H2. The van der Waals surface area contributed by atoms with E-state index in [0.717, 1.165) is 15.8 Å². The van der Waals surface area contributed by atoms with E-state index in [0.29, 0.717) is 13.0 Å². The summed E-state index contributed by atoms with van der Waals surface area (Å²) in [4.78, 5) is 0. The molecule has 4 heteroatoms. The van der Waals surface area contributed by atoms with Gasteiger partial charge in [-0.05, 0) is 22.0 Å². The van der Waals surface area contributed by atoms with Crippen LogP contribution in [0.4, 0.5) is 0 Å². The van der Waals surface area contributed by atoms with Gasteiger partial charge in [0.05, 0.1) is 23.2 Å². The Labute approximate surface area is 91.0 Å². The monoisotopic (exact) mass is 257 g/mol. The van der Waals surface area contributed by atoms with E-state index in [1.807, 2.05) is 18.2 Å². The Morgan fingerprint density at radius 3 is 3.07 bits per heavy atom. The van der Waals surface area contributed by atoms with E-state index in [4.69, 9.17) is 10.5 Å². The molecule has 0 bridgehead atoms. The summed E-state index contributed by atoms with van der Waals surface area (Å²) in [6.07, 6.45) is 0.646. The molecule has 0 radical (unpaired) electrons. The molecule has 0 aliphatic carbocycles. The van der Waals surface area contributed by atoms with Crippen molar-refractivity contribution in [2.45, 2.75) is 12.0 Å². The lowest BCUT2D eigenvalue weighted by Crippen LogP contribution is -2.44. The van der Waals surface area contributed by atoms with Gasteiger partial charge in [-0.2, -0.15) is 0 Å². The summed E-state index contributed by atoms with van der Waals surface area (Å²) in [5.41, 5.74) is 6.31. The topological polar surface area (TPSA) is 55.5 Å². The van der Waals surface area contributed by atoms with Crippen LogP contribution in [0, 0.1) is 0 Å². The van der Waals surface area contributed by atoms with Crippen LogP contribution in [0.5, 0.6) is 5.75 Å². The number of hydrogen-bond acceptors (Lipinski definition) is 3. The minimum atomic E-state index is -0.655. The number of halogens is 1. The Kier molecular flexibility index (Phi) is 2.51. The zero-order valence-corrected chi connectivity index (χ0v) is 9.25. The van der Waals surface area contributed by atoms with Gasteiger partial charge in [0.15, 0.2) is 0 Å². The van der Waals surface area contributed by atoms with Gasteiger partial charge in [0, 0.05) is 12.0 Å². The fraction of sp³-hybridized carbons (Fsp3) is 0.400. The molecule has 1 atom stereocenters. The molecule has 1 aromatic carbocycles. The predicted octanol–water partition coefficient (Wildman–Crippen LogP) is 1.38. The quantitative estimate of drug-likeness (QED) is 0.800. The van der Waals surface area contributed by atoms with Crippen LogP contribution in [0.15, 0.2) is 22.7 Å². The molecule has 0 fully saturated rings. The molecule has 1 aromatic rings. The Hall–Kier alpha value is -0.580. The molecule has 3 nitrogen and oxygen atoms in total. The van der Waals surface area contributed by atoms with E-state index in [1.165, 1.54) is 0 Å². The van der Waals surface area contributed by atoms with Crippen LogP contribution in [-0.4, -0.2) is 18.3 Å². The number of benzene rings is 1. The fourth-order valence-corrected chi connectivity index (χ4v) is 2.16. The summed E-state index contributed by atoms with van der Waals surface area (Å²) in [5, 5.41) is 9.29. The number of nitrogens with two attached hydrogens (primary N) is 1.